The molecule has 0 aromatic heterocycles. The van der Waals surface area contributed by atoms with Gasteiger partial charge in [-0.05, 0) is 41.0 Å². The maximum Gasteiger partial charge on any atom is 0.407 e. The van der Waals surface area contributed by atoms with Crippen molar-refractivity contribution in [2.45, 2.75) is 39.0 Å². The number of hydrogen-bond donors (Lipinski definition) is 3. The number of carbonyl (C=O) groups excluding carboxylic acids is 2. The van der Waals surface area contributed by atoms with Crippen molar-refractivity contribution in [1.29, 1.82) is 0 Å². The molecule has 0 heterocycles. The Morgan fingerprint density at radius 3 is 2.18 bits per heavy atom. The lowest BCUT2D eigenvalue weighted by atomic mass is 9.98. The van der Waals surface area contributed by atoms with Crippen LogP contribution in [0.2, 0.25) is 0 Å². The SMILES string of the molecule is CCC(CNC(=O)CC(C)CCNC(=O)OCC1c2ccccc2-c2ccccc21)C(=O)O. The van der Waals surface area contributed by atoms with Gasteiger partial charge in [-0.1, -0.05) is 62.4 Å². The summed E-state index contributed by atoms with van der Waals surface area (Å²) < 4.78 is 5.52. The first kappa shape index (κ1) is 24.3. The number of ether oxygens (including phenoxy) is 1. The highest BCUT2D eigenvalue weighted by Gasteiger charge is 2.29. The monoisotopic (exact) mass is 452 g/mol. The van der Waals surface area contributed by atoms with Crippen molar-refractivity contribution < 1.29 is 24.2 Å². The Hall–Kier alpha value is -3.35. The molecule has 3 N–H and O–H groups in total. The van der Waals surface area contributed by atoms with Gasteiger partial charge < -0.3 is 20.5 Å². The molecule has 1 aliphatic rings. The Morgan fingerprint density at radius 2 is 1.61 bits per heavy atom. The zero-order valence-corrected chi connectivity index (χ0v) is 19.2. The molecule has 33 heavy (non-hydrogen) atoms. The topological polar surface area (TPSA) is 105 Å². The van der Waals surface area contributed by atoms with Crippen LogP contribution in [0.1, 0.15) is 50.2 Å². The van der Waals surface area contributed by atoms with Crippen LogP contribution in [0.25, 0.3) is 11.1 Å². The summed E-state index contributed by atoms with van der Waals surface area (Å²) in [5, 5.41) is 14.5. The Kier molecular flexibility index (Phi) is 8.46. The van der Waals surface area contributed by atoms with Crippen LogP contribution in [-0.2, 0) is 14.3 Å². The van der Waals surface area contributed by atoms with Gasteiger partial charge in [0.15, 0.2) is 0 Å². The summed E-state index contributed by atoms with van der Waals surface area (Å²) in [5.74, 6) is -1.59. The highest BCUT2D eigenvalue weighted by atomic mass is 16.5. The smallest absolute Gasteiger partial charge is 0.407 e. The van der Waals surface area contributed by atoms with Gasteiger partial charge in [0.1, 0.15) is 6.61 Å². The van der Waals surface area contributed by atoms with Gasteiger partial charge in [-0.25, -0.2) is 4.79 Å². The normalized spacial score (nSPS) is 14.0. The van der Waals surface area contributed by atoms with Crippen LogP contribution in [0.15, 0.2) is 48.5 Å². The number of amides is 2. The van der Waals surface area contributed by atoms with Crippen LogP contribution in [0.3, 0.4) is 0 Å². The van der Waals surface area contributed by atoms with E-state index in [1.54, 1.807) is 6.92 Å². The lowest BCUT2D eigenvalue weighted by Gasteiger charge is -2.16. The van der Waals surface area contributed by atoms with Gasteiger partial charge in [-0.2, -0.15) is 0 Å². The van der Waals surface area contributed by atoms with Crippen LogP contribution in [0.5, 0.6) is 0 Å². The number of carboxylic acids is 1. The van der Waals surface area contributed by atoms with Gasteiger partial charge in [-0.3, -0.25) is 9.59 Å². The van der Waals surface area contributed by atoms with E-state index >= 15 is 0 Å². The number of nitrogens with one attached hydrogen (secondary N) is 2. The number of alkyl carbamates (subject to hydrolysis) is 1. The Morgan fingerprint density at radius 1 is 1.00 bits per heavy atom. The molecule has 0 spiro atoms. The molecule has 2 atom stereocenters. The number of aliphatic carboxylic acids is 1. The van der Waals surface area contributed by atoms with Gasteiger partial charge in [0.25, 0.3) is 0 Å². The fourth-order valence-electron chi connectivity index (χ4n) is 4.20. The average molecular weight is 453 g/mol. The number of carbonyl (C=O) groups is 3. The van der Waals surface area contributed by atoms with E-state index in [0.717, 1.165) is 0 Å². The fraction of sp³-hybridized carbons (Fsp3) is 0.423. The third-order valence-electron chi connectivity index (χ3n) is 6.17. The lowest BCUT2D eigenvalue weighted by molar-refractivity contribution is -0.141. The summed E-state index contributed by atoms with van der Waals surface area (Å²) in [6.45, 7) is 4.50. The summed E-state index contributed by atoms with van der Waals surface area (Å²) >= 11 is 0. The summed E-state index contributed by atoms with van der Waals surface area (Å²) in [6, 6.07) is 16.4. The van der Waals surface area contributed by atoms with Crippen molar-refractivity contribution in [3.05, 3.63) is 59.7 Å². The van der Waals surface area contributed by atoms with E-state index in [4.69, 9.17) is 9.84 Å². The van der Waals surface area contributed by atoms with E-state index in [0.29, 0.717) is 19.4 Å². The maximum atomic E-state index is 12.2. The minimum absolute atomic E-state index is 0.0171. The van der Waals surface area contributed by atoms with Gasteiger partial charge in [0.05, 0.1) is 5.92 Å². The molecule has 0 radical (unpaired) electrons. The third-order valence-corrected chi connectivity index (χ3v) is 6.17. The highest BCUT2D eigenvalue weighted by Crippen LogP contribution is 2.44. The van der Waals surface area contributed by atoms with Gasteiger partial charge in [0, 0.05) is 25.4 Å². The predicted molar refractivity (Wildman–Crippen MR) is 126 cm³/mol. The summed E-state index contributed by atoms with van der Waals surface area (Å²) in [7, 11) is 0. The standard InChI is InChI=1S/C26H32N2O5/c1-3-18(25(30)31)15-28-24(29)14-17(2)12-13-27-26(32)33-16-23-21-10-6-4-8-19(21)20-9-5-7-11-22(20)23/h4-11,17-18,23H,3,12-16H2,1-2H3,(H,27,32)(H,28,29)(H,30,31). The van der Waals surface area contributed by atoms with Crippen molar-refractivity contribution in [3.8, 4) is 11.1 Å². The first-order chi connectivity index (χ1) is 15.9. The van der Waals surface area contributed by atoms with Crippen molar-refractivity contribution >= 4 is 18.0 Å². The second-order valence-corrected chi connectivity index (χ2v) is 8.60. The third kappa shape index (κ3) is 6.34. The second kappa shape index (κ2) is 11.5. The molecular weight excluding hydrogens is 420 g/mol. The molecule has 0 fully saturated rings. The molecule has 2 aromatic carbocycles. The van der Waals surface area contributed by atoms with Crippen molar-refractivity contribution in [2.24, 2.45) is 11.8 Å². The predicted octanol–water partition coefficient (Wildman–Crippen LogP) is 4.17. The zero-order chi connectivity index (χ0) is 23.8. The van der Waals surface area contributed by atoms with E-state index in [9.17, 15) is 14.4 Å². The minimum atomic E-state index is -0.904. The molecule has 1 aliphatic carbocycles. The fourth-order valence-corrected chi connectivity index (χ4v) is 4.20. The number of carboxylic acid groups (broad SMARTS) is 1. The van der Waals surface area contributed by atoms with Gasteiger partial charge in [0.2, 0.25) is 5.91 Å². The Bertz CT molecular complexity index is 945. The van der Waals surface area contributed by atoms with Gasteiger partial charge in [-0.15, -0.1) is 0 Å². The molecule has 7 heteroatoms. The number of fused-ring (bicyclic) bond motifs is 3. The molecule has 0 saturated carbocycles. The van der Waals surface area contributed by atoms with E-state index in [1.165, 1.54) is 22.3 Å². The van der Waals surface area contributed by atoms with Crippen molar-refractivity contribution in [1.82, 2.24) is 10.6 Å². The average Bonchev–Trinajstić information content (AvgIpc) is 3.11. The first-order valence-corrected chi connectivity index (χ1v) is 11.5. The first-order valence-electron chi connectivity index (χ1n) is 11.5. The van der Waals surface area contributed by atoms with E-state index < -0.39 is 18.0 Å². The highest BCUT2D eigenvalue weighted by molar-refractivity contribution is 5.79. The number of rotatable bonds is 11. The largest absolute Gasteiger partial charge is 0.481 e. The Balaban J connectivity index is 1.39. The molecule has 0 aliphatic heterocycles. The van der Waals surface area contributed by atoms with Crippen LogP contribution in [0, 0.1) is 11.8 Å². The lowest BCUT2D eigenvalue weighted by Crippen LogP contribution is -2.34. The van der Waals surface area contributed by atoms with E-state index in [2.05, 4.69) is 34.9 Å². The molecule has 3 rings (SSSR count). The zero-order valence-electron chi connectivity index (χ0n) is 19.2. The molecule has 0 saturated heterocycles. The maximum absolute atomic E-state index is 12.2. The van der Waals surface area contributed by atoms with Crippen LogP contribution >= 0.6 is 0 Å². The van der Waals surface area contributed by atoms with Crippen LogP contribution in [0.4, 0.5) is 4.79 Å². The van der Waals surface area contributed by atoms with E-state index in [1.807, 2.05) is 31.2 Å². The van der Waals surface area contributed by atoms with Crippen LogP contribution < -0.4 is 10.6 Å². The minimum Gasteiger partial charge on any atom is -0.481 e. The molecule has 2 amide bonds. The summed E-state index contributed by atoms with van der Waals surface area (Å²) in [4.78, 5) is 35.3. The molecule has 0 bridgehead atoms. The molecular formula is C26H32N2O5. The quantitative estimate of drug-likeness (QED) is 0.475. The summed E-state index contributed by atoms with van der Waals surface area (Å²) in [6.07, 6.45) is 0.895. The van der Waals surface area contributed by atoms with Crippen molar-refractivity contribution in [2.75, 3.05) is 19.7 Å². The van der Waals surface area contributed by atoms with Crippen LogP contribution in [-0.4, -0.2) is 42.8 Å². The number of benzene rings is 2. The molecule has 2 aromatic rings. The van der Waals surface area contributed by atoms with E-state index in [-0.39, 0.29) is 37.3 Å². The molecule has 2 unspecified atom stereocenters. The second-order valence-electron chi connectivity index (χ2n) is 8.60. The summed E-state index contributed by atoms with van der Waals surface area (Å²) in [5.41, 5.74) is 4.70. The Labute approximate surface area is 194 Å². The van der Waals surface area contributed by atoms with Crippen molar-refractivity contribution in [3.63, 3.8) is 0 Å². The number of hydrogen-bond acceptors (Lipinski definition) is 4. The van der Waals surface area contributed by atoms with Gasteiger partial charge >= 0.3 is 12.1 Å². The molecule has 7 nitrogen and oxygen atoms in total. The molecule has 176 valence electrons.